The maximum Gasteiger partial charge on any atom is 0.230 e. The summed E-state index contributed by atoms with van der Waals surface area (Å²) in [5, 5.41) is 12.6. The number of amides is 1. The van der Waals surface area contributed by atoms with Crippen molar-refractivity contribution in [1.82, 2.24) is 20.1 Å². The average Bonchev–Trinajstić information content (AvgIpc) is 3.14. The molecule has 8 heteroatoms. The van der Waals surface area contributed by atoms with Crippen LogP contribution in [0.3, 0.4) is 0 Å². The molecule has 7 nitrogen and oxygen atoms in total. The number of rotatable bonds is 11. The Bertz CT molecular complexity index is 582. The zero-order chi connectivity index (χ0) is 18.4. The van der Waals surface area contributed by atoms with Gasteiger partial charge in [-0.1, -0.05) is 25.6 Å². The van der Waals surface area contributed by atoms with Crippen LogP contribution < -0.4 is 10.2 Å². The van der Waals surface area contributed by atoms with Crippen molar-refractivity contribution in [2.24, 2.45) is 5.92 Å². The molecule has 1 aromatic heterocycles. The number of ether oxygens (including phenoxy) is 1. The second-order valence-electron chi connectivity index (χ2n) is 7.51. The Kier molecular flexibility index (Phi) is 7.19. The zero-order valence-corrected chi connectivity index (χ0v) is 16.8. The van der Waals surface area contributed by atoms with Crippen LogP contribution in [0.1, 0.15) is 52.0 Å². The maximum atomic E-state index is 12.1. The summed E-state index contributed by atoms with van der Waals surface area (Å²) >= 11 is 1.49. The zero-order valence-electron chi connectivity index (χ0n) is 15.9. The molecule has 2 aliphatic rings. The summed E-state index contributed by atoms with van der Waals surface area (Å²) in [5.74, 6) is 2.04. The molecule has 1 aromatic rings. The van der Waals surface area contributed by atoms with Gasteiger partial charge in [-0.05, 0) is 38.0 Å². The van der Waals surface area contributed by atoms with Crippen LogP contribution in [-0.4, -0.2) is 59.3 Å². The standard InChI is InChI=1S/C18H31N5O2S/c1-14(2)7-11-25-12-8-19-16(24)13-26-18-21-20-17(22-9-3-4-10-22)23(18)15-5-6-15/h14-15H,3-13H2,1-2H3,(H,19,24). The van der Waals surface area contributed by atoms with E-state index in [2.05, 4.69) is 38.8 Å². The van der Waals surface area contributed by atoms with Crippen molar-refractivity contribution in [2.75, 3.05) is 43.5 Å². The van der Waals surface area contributed by atoms with Gasteiger partial charge in [-0.3, -0.25) is 9.36 Å². The Labute approximate surface area is 160 Å². The summed E-state index contributed by atoms with van der Waals surface area (Å²) in [4.78, 5) is 14.4. The topological polar surface area (TPSA) is 72.3 Å². The number of anilines is 1. The molecule has 1 saturated heterocycles. The van der Waals surface area contributed by atoms with E-state index in [1.807, 2.05) is 0 Å². The van der Waals surface area contributed by atoms with Crippen LogP contribution in [0.2, 0.25) is 0 Å². The molecule has 1 aliphatic heterocycles. The molecule has 1 saturated carbocycles. The molecule has 1 N–H and O–H groups in total. The quantitative estimate of drug-likeness (QED) is 0.469. The van der Waals surface area contributed by atoms with Crippen molar-refractivity contribution in [3.8, 4) is 0 Å². The maximum absolute atomic E-state index is 12.1. The smallest absolute Gasteiger partial charge is 0.230 e. The number of carbonyl (C=O) groups excluding carboxylic acids is 1. The molecule has 0 atom stereocenters. The lowest BCUT2D eigenvalue weighted by atomic mass is 10.1. The minimum atomic E-state index is 0.0236. The van der Waals surface area contributed by atoms with E-state index >= 15 is 0 Å². The van der Waals surface area contributed by atoms with Crippen LogP contribution in [0.5, 0.6) is 0 Å². The summed E-state index contributed by atoms with van der Waals surface area (Å²) in [7, 11) is 0. The van der Waals surface area contributed by atoms with E-state index in [0.717, 1.165) is 37.2 Å². The summed E-state index contributed by atoms with van der Waals surface area (Å²) in [6.07, 6.45) is 5.88. The van der Waals surface area contributed by atoms with Crippen LogP contribution >= 0.6 is 11.8 Å². The summed E-state index contributed by atoms with van der Waals surface area (Å²) in [6.45, 7) is 8.37. The lowest BCUT2D eigenvalue weighted by Crippen LogP contribution is -2.29. The van der Waals surface area contributed by atoms with Crippen molar-refractivity contribution < 1.29 is 9.53 Å². The van der Waals surface area contributed by atoms with Crippen LogP contribution in [0.4, 0.5) is 5.95 Å². The molecule has 0 spiro atoms. The first kappa shape index (κ1) is 19.5. The predicted molar refractivity (Wildman–Crippen MR) is 104 cm³/mol. The Morgan fingerprint density at radius 3 is 2.73 bits per heavy atom. The van der Waals surface area contributed by atoms with Gasteiger partial charge >= 0.3 is 0 Å². The molecule has 0 unspecified atom stereocenters. The van der Waals surface area contributed by atoms with Gasteiger partial charge in [0.05, 0.1) is 12.4 Å². The van der Waals surface area contributed by atoms with Crippen molar-refractivity contribution in [1.29, 1.82) is 0 Å². The van der Waals surface area contributed by atoms with Gasteiger partial charge in [0.25, 0.3) is 0 Å². The third-order valence-electron chi connectivity index (χ3n) is 4.69. The van der Waals surface area contributed by atoms with E-state index in [9.17, 15) is 4.79 Å². The highest BCUT2D eigenvalue weighted by Gasteiger charge is 2.32. The number of thioether (sulfide) groups is 1. The second-order valence-corrected chi connectivity index (χ2v) is 8.45. The Balaban J connectivity index is 1.41. The molecule has 2 heterocycles. The van der Waals surface area contributed by atoms with E-state index in [0.29, 0.717) is 30.9 Å². The number of nitrogens with one attached hydrogen (secondary N) is 1. The van der Waals surface area contributed by atoms with Gasteiger partial charge in [-0.2, -0.15) is 0 Å². The van der Waals surface area contributed by atoms with Crippen molar-refractivity contribution >= 4 is 23.6 Å². The van der Waals surface area contributed by atoms with Crippen LogP contribution in [0.25, 0.3) is 0 Å². The monoisotopic (exact) mass is 381 g/mol. The molecule has 146 valence electrons. The average molecular weight is 382 g/mol. The highest BCUT2D eigenvalue weighted by Crippen LogP contribution is 2.41. The van der Waals surface area contributed by atoms with E-state index in [-0.39, 0.29) is 5.91 Å². The van der Waals surface area contributed by atoms with Crippen LogP contribution in [0, 0.1) is 5.92 Å². The minimum absolute atomic E-state index is 0.0236. The number of carbonyl (C=O) groups is 1. The third-order valence-corrected chi connectivity index (χ3v) is 5.63. The van der Waals surface area contributed by atoms with Crippen LogP contribution in [0.15, 0.2) is 5.16 Å². The predicted octanol–water partition coefficient (Wildman–Crippen LogP) is 2.48. The third kappa shape index (κ3) is 5.61. The number of hydrogen-bond donors (Lipinski definition) is 1. The number of nitrogens with zero attached hydrogens (tertiary/aromatic N) is 4. The molecular weight excluding hydrogens is 350 g/mol. The molecule has 0 bridgehead atoms. The molecule has 2 fully saturated rings. The molecule has 0 aromatic carbocycles. The molecule has 1 amide bonds. The fourth-order valence-corrected chi connectivity index (χ4v) is 3.85. The first-order chi connectivity index (χ1) is 12.6. The Hall–Kier alpha value is -1.28. The Morgan fingerprint density at radius 2 is 2.04 bits per heavy atom. The van der Waals surface area contributed by atoms with Crippen molar-refractivity contribution in [2.45, 2.75) is 57.1 Å². The molecular formula is C18H31N5O2S. The van der Waals surface area contributed by atoms with E-state index in [1.165, 1.54) is 37.4 Å². The first-order valence-electron chi connectivity index (χ1n) is 9.82. The van der Waals surface area contributed by atoms with Gasteiger partial charge in [-0.15, -0.1) is 10.2 Å². The number of aromatic nitrogens is 3. The molecule has 1 aliphatic carbocycles. The SMILES string of the molecule is CC(C)CCOCCNC(=O)CSc1nnc(N2CCCC2)n1C1CC1. The fraction of sp³-hybridized carbons (Fsp3) is 0.833. The van der Waals surface area contributed by atoms with E-state index in [1.54, 1.807) is 0 Å². The van der Waals surface area contributed by atoms with E-state index < -0.39 is 0 Å². The van der Waals surface area contributed by atoms with Gasteiger partial charge in [-0.25, -0.2) is 0 Å². The lowest BCUT2D eigenvalue weighted by molar-refractivity contribution is -0.118. The van der Waals surface area contributed by atoms with E-state index in [4.69, 9.17) is 4.74 Å². The van der Waals surface area contributed by atoms with Crippen molar-refractivity contribution in [3.05, 3.63) is 0 Å². The fourth-order valence-electron chi connectivity index (χ4n) is 3.02. The Morgan fingerprint density at radius 1 is 1.27 bits per heavy atom. The molecule has 26 heavy (non-hydrogen) atoms. The van der Waals surface area contributed by atoms with Gasteiger partial charge < -0.3 is 15.0 Å². The number of hydrogen-bond acceptors (Lipinski definition) is 6. The highest BCUT2D eigenvalue weighted by molar-refractivity contribution is 7.99. The van der Waals surface area contributed by atoms with Gasteiger partial charge in [0, 0.05) is 32.3 Å². The normalized spacial score (nSPS) is 17.3. The molecule has 0 radical (unpaired) electrons. The summed E-state index contributed by atoms with van der Waals surface area (Å²) in [6, 6.07) is 0.514. The second kappa shape index (κ2) is 9.60. The minimum Gasteiger partial charge on any atom is -0.380 e. The first-order valence-corrected chi connectivity index (χ1v) is 10.8. The summed E-state index contributed by atoms with van der Waals surface area (Å²) in [5.41, 5.74) is 0. The lowest BCUT2D eigenvalue weighted by Gasteiger charge is -2.17. The van der Waals surface area contributed by atoms with Gasteiger partial charge in [0.1, 0.15) is 0 Å². The van der Waals surface area contributed by atoms with Crippen LogP contribution in [-0.2, 0) is 9.53 Å². The summed E-state index contributed by atoms with van der Waals surface area (Å²) < 4.78 is 7.77. The van der Waals surface area contributed by atoms with Crippen molar-refractivity contribution in [3.63, 3.8) is 0 Å². The highest BCUT2D eigenvalue weighted by atomic mass is 32.2. The van der Waals surface area contributed by atoms with Gasteiger partial charge in [0.15, 0.2) is 5.16 Å². The largest absolute Gasteiger partial charge is 0.380 e. The molecule has 3 rings (SSSR count). The van der Waals surface area contributed by atoms with Gasteiger partial charge in [0.2, 0.25) is 11.9 Å².